The molecule has 1 saturated heterocycles. The maximum Gasteiger partial charge on any atom is 0.251 e. The number of benzene rings is 1. The standard InChI is InChI=1S/C21H30N6O2S/c1-15(2)18(22-20(29)16-8-6-5-7-9-16)19-23-24-21(26(19)4)30-14-17(28)27-12-10-25(3)11-13-27/h5-9,15,18H,10-14H2,1-4H3,(H,22,29)/t18-/m0/s1. The number of carbonyl (C=O) groups excluding carboxylic acids is 2. The summed E-state index contributed by atoms with van der Waals surface area (Å²) in [5.74, 6) is 1.12. The molecular weight excluding hydrogens is 400 g/mol. The number of carbonyl (C=O) groups is 2. The van der Waals surface area contributed by atoms with Gasteiger partial charge in [0.15, 0.2) is 11.0 Å². The first kappa shape index (κ1) is 22.3. The average Bonchev–Trinajstić information content (AvgIpc) is 3.11. The van der Waals surface area contributed by atoms with Crippen molar-refractivity contribution in [2.45, 2.75) is 25.0 Å². The monoisotopic (exact) mass is 430 g/mol. The van der Waals surface area contributed by atoms with E-state index >= 15 is 0 Å². The zero-order valence-electron chi connectivity index (χ0n) is 18.0. The zero-order chi connectivity index (χ0) is 21.7. The van der Waals surface area contributed by atoms with E-state index in [9.17, 15) is 9.59 Å². The van der Waals surface area contributed by atoms with Gasteiger partial charge in [0.2, 0.25) is 5.91 Å². The maximum absolute atomic E-state index is 12.6. The third kappa shape index (κ3) is 5.40. The Morgan fingerprint density at radius 3 is 2.37 bits per heavy atom. The lowest BCUT2D eigenvalue weighted by Gasteiger charge is -2.32. The Labute approximate surface area is 182 Å². The van der Waals surface area contributed by atoms with E-state index in [-0.39, 0.29) is 23.8 Å². The van der Waals surface area contributed by atoms with E-state index in [4.69, 9.17) is 0 Å². The van der Waals surface area contributed by atoms with E-state index in [2.05, 4.69) is 27.5 Å². The number of rotatable bonds is 7. The summed E-state index contributed by atoms with van der Waals surface area (Å²) in [4.78, 5) is 29.3. The summed E-state index contributed by atoms with van der Waals surface area (Å²) in [6.07, 6.45) is 0. The summed E-state index contributed by atoms with van der Waals surface area (Å²) in [6.45, 7) is 7.41. The summed E-state index contributed by atoms with van der Waals surface area (Å²) >= 11 is 1.39. The third-order valence-electron chi connectivity index (χ3n) is 5.32. The summed E-state index contributed by atoms with van der Waals surface area (Å²) < 4.78 is 1.87. The van der Waals surface area contributed by atoms with E-state index < -0.39 is 0 Å². The molecular formula is C21H30N6O2S. The molecule has 1 aromatic heterocycles. The highest BCUT2D eigenvalue weighted by Crippen LogP contribution is 2.24. The van der Waals surface area contributed by atoms with Crippen molar-refractivity contribution in [3.63, 3.8) is 0 Å². The minimum atomic E-state index is -0.280. The Kier molecular flexibility index (Phi) is 7.49. The fourth-order valence-electron chi connectivity index (χ4n) is 3.34. The molecule has 0 aliphatic carbocycles. The van der Waals surface area contributed by atoms with Crippen LogP contribution in [0.2, 0.25) is 0 Å². The van der Waals surface area contributed by atoms with Gasteiger partial charge >= 0.3 is 0 Å². The van der Waals surface area contributed by atoms with Crippen LogP contribution in [0.25, 0.3) is 0 Å². The van der Waals surface area contributed by atoms with E-state index in [1.807, 2.05) is 48.6 Å². The molecule has 1 N–H and O–H groups in total. The molecule has 0 bridgehead atoms. The Morgan fingerprint density at radius 2 is 1.73 bits per heavy atom. The van der Waals surface area contributed by atoms with Crippen molar-refractivity contribution < 1.29 is 9.59 Å². The number of nitrogens with zero attached hydrogens (tertiary/aromatic N) is 5. The van der Waals surface area contributed by atoms with Crippen molar-refractivity contribution in [3.05, 3.63) is 41.7 Å². The van der Waals surface area contributed by atoms with Crippen molar-refractivity contribution in [3.8, 4) is 0 Å². The molecule has 1 aliphatic heterocycles. The van der Waals surface area contributed by atoms with Crippen molar-refractivity contribution in [1.29, 1.82) is 0 Å². The summed E-state index contributed by atoms with van der Waals surface area (Å²) in [6, 6.07) is 8.86. The van der Waals surface area contributed by atoms with Gasteiger partial charge in [0, 0.05) is 38.8 Å². The number of hydrogen-bond acceptors (Lipinski definition) is 6. The molecule has 0 radical (unpaired) electrons. The first-order valence-corrected chi connectivity index (χ1v) is 11.2. The fraction of sp³-hybridized carbons (Fsp3) is 0.524. The number of amides is 2. The smallest absolute Gasteiger partial charge is 0.251 e. The molecule has 2 aromatic rings. The van der Waals surface area contributed by atoms with Crippen LogP contribution in [-0.4, -0.2) is 75.4 Å². The fourth-order valence-corrected chi connectivity index (χ4v) is 4.16. The Balaban J connectivity index is 1.64. The number of hydrogen-bond donors (Lipinski definition) is 1. The second-order valence-electron chi connectivity index (χ2n) is 7.93. The molecule has 0 saturated carbocycles. The molecule has 8 nitrogen and oxygen atoms in total. The molecule has 162 valence electrons. The van der Waals surface area contributed by atoms with Gasteiger partial charge in [-0.2, -0.15) is 0 Å². The van der Waals surface area contributed by atoms with Gasteiger partial charge in [-0.3, -0.25) is 9.59 Å². The van der Waals surface area contributed by atoms with Crippen LogP contribution < -0.4 is 5.32 Å². The van der Waals surface area contributed by atoms with Crippen molar-refractivity contribution in [2.75, 3.05) is 39.0 Å². The van der Waals surface area contributed by atoms with Crippen LogP contribution >= 0.6 is 11.8 Å². The summed E-state index contributed by atoms with van der Waals surface area (Å²) in [5.41, 5.74) is 0.609. The molecule has 9 heteroatoms. The molecule has 2 heterocycles. The minimum absolute atomic E-state index is 0.121. The minimum Gasteiger partial charge on any atom is -0.342 e. The predicted molar refractivity (Wildman–Crippen MR) is 117 cm³/mol. The Hall–Kier alpha value is -2.39. The van der Waals surface area contributed by atoms with Gasteiger partial charge < -0.3 is 19.7 Å². The molecule has 1 fully saturated rings. The normalized spacial score (nSPS) is 16.0. The predicted octanol–water partition coefficient (Wildman–Crippen LogP) is 1.81. The van der Waals surface area contributed by atoms with Gasteiger partial charge in [-0.15, -0.1) is 10.2 Å². The quantitative estimate of drug-likeness (QED) is 0.675. The van der Waals surface area contributed by atoms with E-state index in [1.54, 1.807) is 12.1 Å². The number of thioether (sulfide) groups is 1. The SMILES string of the molecule is CC(C)[C@H](NC(=O)c1ccccc1)c1nnc(SCC(=O)N2CCN(C)CC2)n1C. The second-order valence-corrected chi connectivity index (χ2v) is 8.88. The highest BCUT2D eigenvalue weighted by atomic mass is 32.2. The molecule has 1 atom stereocenters. The number of likely N-dealkylation sites (N-methyl/N-ethyl adjacent to an activating group) is 1. The molecule has 0 spiro atoms. The zero-order valence-corrected chi connectivity index (χ0v) is 18.9. The van der Waals surface area contributed by atoms with Gasteiger partial charge in [-0.1, -0.05) is 43.8 Å². The first-order valence-electron chi connectivity index (χ1n) is 10.2. The summed E-state index contributed by atoms with van der Waals surface area (Å²) in [5, 5.41) is 12.3. The van der Waals surface area contributed by atoms with Crippen LogP contribution in [-0.2, 0) is 11.8 Å². The molecule has 3 rings (SSSR count). The molecule has 0 unspecified atom stereocenters. The topological polar surface area (TPSA) is 83.4 Å². The maximum atomic E-state index is 12.6. The number of piperazine rings is 1. The van der Waals surface area contributed by atoms with E-state index in [1.165, 1.54) is 11.8 Å². The van der Waals surface area contributed by atoms with Gasteiger partial charge in [0.1, 0.15) is 0 Å². The van der Waals surface area contributed by atoms with Gasteiger partial charge in [0.05, 0.1) is 11.8 Å². The lowest BCUT2D eigenvalue weighted by molar-refractivity contribution is -0.129. The summed E-state index contributed by atoms with van der Waals surface area (Å²) in [7, 11) is 3.95. The van der Waals surface area contributed by atoms with Crippen LogP contribution in [0.3, 0.4) is 0 Å². The van der Waals surface area contributed by atoms with E-state index in [0.29, 0.717) is 22.3 Å². The van der Waals surface area contributed by atoms with Gasteiger partial charge in [0.25, 0.3) is 5.91 Å². The van der Waals surface area contributed by atoms with Crippen molar-refractivity contribution >= 4 is 23.6 Å². The Bertz CT molecular complexity index is 862. The van der Waals surface area contributed by atoms with Gasteiger partial charge in [-0.25, -0.2) is 0 Å². The van der Waals surface area contributed by atoms with E-state index in [0.717, 1.165) is 26.2 Å². The first-order chi connectivity index (χ1) is 14.4. The average molecular weight is 431 g/mol. The third-order valence-corrected chi connectivity index (χ3v) is 6.32. The van der Waals surface area contributed by atoms with Crippen molar-refractivity contribution in [1.82, 2.24) is 29.9 Å². The highest BCUT2D eigenvalue weighted by Gasteiger charge is 2.26. The molecule has 1 aromatic carbocycles. The molecule has 2 amide bonds. The number of aromatic nitrogens is 3. The lowest BCUT2D eigenvalue weighted by Crippen LogP contribution is -2.47. The Morgan fingerprint density at radius 1 is 1.07 bits per heavy atom. The lowest BCUT2D eigenvalue weighted by atomic mass is 10.0. The van der Waals surface area contributed by atoms with Crippen molar-refractivity contribution in [2.24, 2.45) is 13.0 Å². The molecule has 30 heavy (non-hydrogen) atoms. The van der Waals surface area contributed by atoms with Crippen LogP contribution in [0.1, 0.15) is 36.1 Å². The largest absolute Gasteiger partial charge is 0.342 e. The molecule has 1 aliphatic rings. The van der Waals surface area contributed by atoms with Crippen LogP contribution in [0.4, 0.5) is 0 Å². The van der Waals surface area contributed by atoms with Gasteiger partial charge in [-0.05, 0) is 25.1 Å². The van der Waals surface area contributed by atoms with Crippen LogP contribution in [0.5, 0.6) is 0 Å². The van der Waals surface area contributed by atoms with Crippen LogP contribution in [0.15, 0.2) is 35.5 Å². The van der Waals surface area contributed by atoms with Crippen LogP contribution in [0, 0.1) is 5.92 Å². The number of nitrogens with one attached hydrogen (secondary N) is 1. The highest BCUT2D eigenvalue weighted by molar-refractivity contribution is 7.99. The second kappa shape index (κ2) is 10.1.